The van der Waals surface area contributed by atoms with Crippen LogP contribution in [0.4, 0.5) is 0 Å². The molecule has 1 heterocycles. The van der Waals surface area contributed by atoms with Gasteiger partial charge in [-0.2, -0.15) is 0 Å². The van der Waals surface area contributed by atoms with E-state index in [2.05, 4.69) is 12.3 Å². The topological polar surface area (TPSA) is 26.0 Å². The van der Waals surface area contributed by atoms with E-state index in [1.807, 2.05) is 11.3 Å². The maximum absolute atomic E-state index is 5.66. The van der Waals surface area contributed by atoms with Crippen LogP contribution < -0.4 is 5.73 Å². The molecule has 0 fully saturated rings. The lowest BCUT2D eigenvalue weighted by atomic mass is 10.1. The molecule has 0 spiro atoms. The molecular weight excluding hydrogens is 154 g/mol. The Kier molecular flexibility index (Phi) is 1.74. The Labute approximate surface area is 71.2 Å². The monoisotopic (exact) mass is 167 g/mol. The third kappa shape index (κ3) is 1.01. The highest BCUT2D eigenvalue weighted by Crippen LogP contribution is 2.38. The lowest BCUT2D eigenvalue weighted by Gasteiger charge is -2.02. The fourth-order valence-corrected chi connectivity index (χ4v) is 3.08. The van der Waals surface area contributed by atoms with Crippen molar-refractivity contribution in [2.45, 2.75) is 25.7 Å². The Bertz CT molecular complexity index is 265. The molecule has 1 aromatic heterocycles. The Hall–Kier alpha value is -0.340. The molecule has 0 bridgehead atoms. The van der Waals surface area contributed by atoms with Gasteiger partial charge in [-0.05, 0) is 42.8 Å². The molecule has 0 saturated carbocycles. The Morgan fingerprint density at radius 1 is 1.73 bits per heavy atom. The van der Waals surface area contributed by atoms with Gasteiger partial charge in [-0.25, -0.2) is 0 Å². The van der Waals surface area contributed by atoms with Gasteiger partial charge in [-0.3, -0.25) is 0 Å². The second-order valence-corrected chi connectivity index (χ2v) is 4.14. The van der Waals surface area contributed by atoms with Crippen molar-refractivity contribution in [3.8, 4) is 0 Å². The largest absolute Gasteiger partial charge is 0.330 e. The molecule has 0 aliphatic heterocycles. The van der Waals surface area contributed by atoms with Crippen molar-refractivity contribution in [2.24, 2.45) is 5.73 Å². The first-order chi connectivity index (χ1) is 5.33. The average Bonchev–Trinajstić information content (AvgIpc) is 2.53. The Morgan fingerprint density at radius 3 is 3.27 bits per heavy atom. The van der Waals surface area contributed by atoms with Gasteiger partial charge in [0, 0.05) is 10.8 Å². The predicted molar refractivity (Wildman–Crippen MR) is 49.2 cm³/mol. The van der Waals surface area contributed by atoms with Crippen LogP contribution >= 0.6 is 11.3 Å². The normalized spacial score (nSPS) is 22.2. The number of fused-ring (bicyclic) bond motifs is 1. The van der Waals surface area contributed by atoms with Gasteiger partial charge in [-0.15, -0.1) is 11.3 Å². The van der Waals surface area contributed by atoms with E-state index >= 15 is 0 Å². The minimum atomic E-state index is 0.670. The lowest BCUT2D eigenvalue weighted by molar-refractivity contribution is 0.695. The molecule has 1 unspecified atom stereocenters. The second-order valence-electron chi connectivity index (χ2n) is 3.23. The van der Waals surface area contributed by atoms with Gasteiger partial charge in [0.15, 0.2) is 0 Å². The third-order valence-corrected chi connectivity index (χ3v) is 3.84. The summed E-state index contributed by atoms with van der Waals surface area (Å²) >= 11 is 1.89. The molecule has 11 heavy (non-hydrogen) atoms. The van der Waals surface area contributed by atoms with E-state index in [0.29, 0.717) is 5.92 Å². The number of hydrogen-bond donors (Lipinski definition) is 1. The standard InChI is InChI=1S/C9H13NS/c1-6-5-11-9-7(4-10)2-3-8(6)9/h5,7H,2-4,10H2,1H3. The highest BCUT2D eigenvalue weighted by Gasteiger charge is 2.23. The number of aryl methyl sites for hydroxylation is 1. The van der Waals surface area contributed by atoms with Gasteiger partial charge in [0.1, 0.15) is 0 Å². The van der Waals surface area contributed by atoms with Gasteiger partial charge in [-0.1, -0.05) is 0 Å². The first kappa shape index (κ1) is 7.32. The van der Waals surface area contributed by atoms with Crippen molar-refractivity contribution < 1.29 is 0 Å². The van der Waals surface area contributed by atoms with Crippen LogP contribution in [0.25, 0.3) is 0 Å². The predicted octanol–water partition coefficient (Wildman–Crippen LogP) is 2.05. The molecule has 1 atom stereocenters. The van der Waals surface area contributed by atoms with Crippen LogP contribution in [0, 0.1) is 6.92 Å². The summed E-state index contributed by atoms with van der Waals surface area (Å²) in [6, 6.07) is 0. The SMILES string of the molecule is Cc1csc2c1CCC2CN. The summed E-state index contributed by atoms with van der Waals surface area (Å²) in [6.07, 6.45) is 2.53. The van der Waals surface area contributed by atoms with Crippen LogP contribution in [0.1, 0.15) is 28.3 Å². The fourth-order valence-electron chi connectivity index (χ4n) is 1.83. The number of hydrogen-bond acceptors (Lipinski definition) is 2. The van der Waals surface area contributed by atoms with E-state index in [-0.39, 0.29) is 0 Å². The molecule has 1 aliphatic carbocycles. The van der Waals surface area contributed by atoms with Crippen LogP contribution in [-0.4, -0.2) is 6.54 Å². The van der Waals surface area contributed by atoms with Gasteiger partial charge < -0.3 is 5.73 Å². The number of thiophene rings is 1. The minimum Gasteiger partial charge on any atom is -0.330 e. The zero-order chi connectivity index (χ0) is 7.84. The van der Waals surface area contributed by atoms with Crippen molar-refractivity contribution in [2.75, 3.05) is 6.54 Å². The summed E-state index contributed by atoms with van der Waals surface area (Å²) in [7, 11) is 0. The molecule has 1 aliphatic rings. The summed E-state index contributed by atoms with van der Waals surface area (Å²) in [4.78, 5) is 1.56. The molecule has 2 heteroatoms. The van der Waals surface area contributed by atoms with E-state index in [1.54, 1.807) is 10.4 Å². The number of nitrogens with two attached hydrogens (primary N) is 1. The Balaban J connectivity index is 2.40. The Morgan fingerprint density at radius 2 is 2.55 bits per heavy atom. The fraction of sp³-hybridized carbons (Fsp3) is 0.556. The molecule has 60 valence electrons. The average molecular weight is 167 g/mol. The van der Waals surface area contributed by atoms with E-state index in [4.69, 9.17) is 5.73 Å². The van der Waals surface area contributed by atoms with E-state index in [0.717, 1.165) is 6.54 Å². The highest BCUT2D eigenvalue weighted by atomic mass is 32.1. The van der Waals surface area contributed by atoms with E-state index in [1.165, 1.54) is 18.4 Å². The van der Waals surface area contributed by atoms with Crippen molar-refractivity contribution in [1.29, 1.82) is 0 Å². The molecule has 0 aromatic carbocycles. The van der Waals surface area contributed by atoms with Crippen LogP contribution in [0.2, 0.25) is 0 Å². The molecule has 0 amide bonds. The third-order valence-electron chi connectivity index (χ3n) is 2.53. The van der Waals surface area contributed by atoms with Gasteiger partial charge in [0.2, 0.25) is 0 Å². The maximum Gasteiger partial charge on any atom is 0.0124 e. The second kappa shape index (κ2) is 2.61. The summed E-state index contributed by atoms with van der Waals surface area (Å²) in [5.74, 6) is 0.670. The van der Waals surface area contributed by atoms with Gasteiger partial charge in [0.05, 0.1) is 0 Å². The van der Waals surface area contributed by atoms with Crippen molar-refractivity contribution >= 4 is 11.3 Å². The molecule has 2 rings (SSSR count). The van der Waals surface area contributed by atoms with E-state index in [9.17, 15) is 0 Å². The molecule has 0 radical (unpaired) electrons. The van der Waals surface area contributed by atoms with Gasteiger partial charge in [0.25, 0.3) is 0 Å². The molecule has 0 saturated heterocycles. The van der Waals surface area contributed by atoms with Crippen molar-refractivity contribution in [3.05, 3.63) is 21.4 Å². The zero-order valence-electron chi connectivity index (χ0n) is 6.76. The first-order valence-corrected chi connectivity index (χ1v) is 4.98. The van der Waals surface area contributed by atoms with Crippen LogP contribution in [-0.2, 0) is 6.42 Å². The van der Waals surface area contributed by atoms with Crippen LogP contribution in [0.5, 0.6) is 0 Å². The van der Waals surface area contributed by atoms with Crippen molar-refractivity contribution in [1.82, 2.24) is 0 Å². The number of rotatable bonds is 1. The first-order valence-electron chi connectivity index (χ1n) is 4.10. The van der Waals surface area contributed by atoms with Gasteiger partial charge >= 0.3 is 0 Å². The summed E-state index contributed by atoms with van der Waals surface area (Å²) in [6.45, 7) is 3.03. The molecule has 1 nitrogen and oxygen atoms in total. The van der Waals surface area contributed by atoms with Crippen molar-refractivity contribution in [3.63, 3.8) is 0 Å². The molecule has 2 N–H and O–H groups in total. The zero-order valence-corrected chi connectivity index (χ0v) is 7.58. The highest BCUT2D eigenvalue weighted by molar-refractivity contribution is 7.10. The smallest absolute Gasteiger partial charge is 0.0124 e. The minimum absolute atomic E-state index is 0.670. The van der Waals surface area contributed by atoms with Crippen LogP contribution in [0.15, 0.2) is 5.38 Å². The molecule has 1 aromatic rings. The van der Waals surface area contributed by atoms with E-state index < -0.39 is 0 Å². The summed E-state index contributed by atoms with van der Waals surface area (Å²) in [5, 5.41) is 2.26. The maximum atomic E-state index is 5.66. The quantitative estimate of drug-likeness (QED) is 0.680. The summed E-state index contributed by atoms with van der Waals surface area (Å²) in [5.41, 5.74) is 8.73. The molecular formula is C9H13NS. The lowest BCUT2D eigenvalue weighted by Crippen LogP contribution is -2.07. The summed E-state index contributed by atoms with van der Waals surface area (Å²) < 4.78 is 0. The van der Waals surface area contributed by atoms with Crippen LogP contribution in [0.3, 0.4) is 0 Å².